The van der Waals surface area contributed by atoms with Gasteiger partial charge in [0.1, 0.15) is 10.7 Å². The number of benzene rings is 1. The molecule has 6 nitrogen and oxygen atoms in total. The summed E-state index contributed by atoms with van der Waals surface area (Å²) < 4.78 is 1.71. The number of rotatable bonds is 4. The third-order valence-electron chi connectivity index (χ3n) is 3.70. The summed E-state index contributed by atoms with van der Waals surface area (Å²) in [4.78, 5) is 12.6. The molecule has 0 spiro atoms. The Morgan fingerprint density at radius 1 is 1.26 bits per heavy atom. The highest BCUT2D eigenvalue weighted by Crippen LogP contribution is 2.39. The van der Waals surface area contributed by atoms with Gasteiger partial charge in [-0.05, 0) is 38.0 Å². The highest BCUT2D eigenvalue weighted by atomic mass is 32.1. The van der Waals surface area contributed by atoms with Crippen molar-refractivity contribution in [3.63, 3.8) is 0 Å². The predicted octanol–water partition coefficient (Wildman–Crippen LogP) is 3.16. The van der Waals surface area contributed by atoms with E-state index >= 15 is 0 Å². The average Bonchev–Trinajstić information content (AvgIpc) is 3.18. The third kappa shape index (κ3) is 2.87. The average molecular weight is 325 g/mol. The van der Waals surface area contributed by atoms with Gasteiger partial charge in [0.15, 0.2) is 0 Å². The zero-order valence-electron chi connectivity index (χ0n) is 12.6. The molecule has 0 aliphatic heterocycles. The number of hydrogen-bond acceptors (Lipinski definition) is 5. The van der Waals surface area contributed by atoms with Gasteiger partial charge in [-0.1, -0.05) is 29.5 Å². The first kappa shape index (κ1) is 14.1. The lowest BCUT2D eigenvalue weighted by molar-refractivity contribution is 0.101. The van der Waals surface area contributed by atoms with E-state index in [-0.39, 0.29) is 5.91 Å². The molecule has 23 heavy (non-hydrogen) atoms. The standard InChI is InChI=1S/C16H15N5OS/c1-10-18-19-16(23-10)17-15(22)14-9-13(11-7-8-11)20-21(14)12-5-3-2-4-6-12/h2-6,9,11H,7-8H2,1H3,(H,17,19,22). The Kier molecular flexibility index (Phi) is 3.42. The second kappa shape index (κ2) is 5.58. The van der Waals surface area contributed by atoms with E-state index in [9.17, 15) is 4.79 Å². The van der Waals surface area contributed by atoms with Gasteiger partial charge in [0.05, 0.1) is 11.4 Å². The lowest BCUT2D eigenvalue weighted by atomic mass is 10.2. The molecule has 4 rings (SSSR count). The molecule has 0 saturated heterocycles. The lowest BCUT2D eigenvalue weighted by Gasteiger charge is -2.06. The summed E-state index contributed by atoms with van der Waals surface area (Å²) in [5.74, 6) is 0.264. The molecule has 2 aromatic heterocycles. The van der Waals surface area contributed by atoms with E-state index < -0.39 is 0 Å². The van der Waals surface area contributed by atoms with Gasteiger partial charge in [-0.3, -0.25) is 10.1 Å². The van der Waals surface area contributed by atoms with Crippen molar-refractivity contribution in [3.05, 3.63) is 52.8 Å². The van der Waals surface area contributed by atoms with Crippen molar-refractivity contribution in [1.82, 2.24) is 20.0 Å². The van der Waals surface area contributed by atoms with Gasteiger partial charge in [-0.2, -0.15) is 5.10 Å². The summed E-state index contributed by atoms with van der Waals surface area (Å²) >= 11 is 1.35. The Labute approximate surface area is 137 Å². The minimum absolute atomic E-state index is 0.218. The van der Waals surface area contributed by atoms with Gasteiger partial charge < -0.3 is 0 Å². The largest absolute Gasteiger partial charge is 0.295 e. The molecule has 1 aromatic carbocycles. The van der Waals surface area contributed by atoms with E-state index in [1.165, 1.54) is 11.3 Å². The first-order valence-corrected chi connectivity index (χ1v) is 8.29. The normalized spacial score (nSPS) is 14.0. The quantitative estimate of drug-likeness (QED) is 0.799. The summed E-state index contributed by atoms with van der Waals surface area (Å²) in [5.41, 5.74) is 2.37. The molecule has 2 heterocycles. The molecule has 0 atom stereocenters. The van der Waals surface area contributed by atoms with Gasteiger partial charge in [-0.25, -0.2) is 4.68 Å². The molecular weight excluding hydrogens is 310 g/mol. The van der Waals surface area contributed by atoms with Crippen molar-refractivity contribution in [1.29, 1.82) is 0 Å². The Hall–Kier alpha value is -2.54. The fraction of sp³-hybridized carbons (Fsp3) is 0.250. The van der Waals surface area contributed by atoms with Crippen LogP contribution in [0.4, 0.5) is 5.13 Å². The molecule has 3 aromatic rings. The number of hydrogen-bond donors (Lipinski definition) is 1. The van der Waals surface area contributed by atoms with Crippen LogP contribution in [0.3, 0.4) is 0 Å². The Morgan fingerprint density at radius 3 is 2.70 bits per heavy atom. The van der Waals surface area contributed by atoms with Gasteiger partial charge >= 0.3 is 0 Å². The molecule has 1 saturated carbocycles. The number of nitrogens with zero attached hydrogens (tertiary/aromatic N) is 4. The minimum Gasteiger partial charge on any atom is -0.295 e. The van der Waals surface area contributed by atoms with E-state index in [0.717, 1.165) is 29.2 Å². The summed E-state index contributed by atoms with van der Waals surface area (Å²) in [6.45, 7) is 1.85. The first-order chi connectivity index (χ1) is 11.2. The van der Waals surface area contributed by atoms with Crippen LogP contribution in [-0.2, 0) is 0 Å². The van der Waals surface area contributed by atoms with Crippen LogP contribution in [0.25, 0.3) is 5.69 Å². The Bertz CT molecular complexity index is 850. The van der Waals surface area contributed by atoms with Crippen LogP contribution in [0.1, 0.15) is 39.9 Å². The second-order valence-corrected chi connectivity index (χ2v) is 6.74. The van der Waals surface area contributed by atoms with Crippen LogP contribution < -0.4 is 5.32 Å². The summed E-state index contributed by atoms with van der Waals surface area (Å²) in [7, 11) is 0. The second-order valence-electron chi connectivity index (χ2n) is 5.56. The van der Waals surface area contributed by atoms with Crippen LogP contribution in [0.2, 0.25) is 0 Å². The van der Waals surface area contributed by atoms with Crippen molar-refractivity contribution in [3.8, 4) is 5.69 Å². The summed E-state index contributed by atoms with van der Waals surface area (Å²) in [5, 5.41) is 16.6. The van der Waals surface area contributed by atoms with Gasteiger partial charge in [-0.15, -0.1) is 10.2 Å². The highest BCUT2D eigenvalue weighted by molar-refractivity contribution is 7.15. The van der Waals surface area contributed by atoms with E-state index in [2.05, 4.69) is 20.6 Å². The molecule has 7 heteroatoms. The fourth-order valence-corrected chi connectivity index (χ4v) is 3.00. The SMILES string of the molecule is Cc1nnc(NC(=O)c2cc(C3CC3)nn2-c2ccccc2)s1. The number of nitrogens with one attached hydrogen (secondary N) is 1. The van der Waals surface area contributed by atoms with Crippen molar-refractivity contribution in [2.45, 2.75) is 25.7 Å². The zero-order valence-corrected chi connectivity index (χ0v) is 13.4. The van der Waals surface area contributed by atoms with Crippen LogP contribution in [-0.4, -0.2) is 25.9 Å². The topological polar surface area (TPSA) is 72.7 Å². The maximum Gasteiger partial charge on any atom is 0.276 e. The van der Waals surface area contributed by atoms with Gasteiger partial charge in [0.25, 0.3) is 5.91 Å². The highest BCUT2D eigenvalue weighted by Gasteiger charge is 2.29. The van der Waals surface area contributed by atoms with E-state index in [1.807, 2.05) is 43.3 Å². The van der Waals surface area contributed by atoms with Crippen LogP contribution in [0.15, 0.2) is 36.4 Å². The van der Waals surface area contributed by atoms with Crippen LogP contribution >= 0.6 is 11.3 Å². The molecule has 0 unspecified atom stereocenters. The molecule has 0 bridgehead atoms. The Morgan fingerprint density at radius 2 is 2.04 bits per heavy atom. The number of amides is 1. The third-order valence-corrected chi connectivity index (χ3v) is 4.46. The number of anilines is 1. The van der Waals surface area contributed by atoms with Crippen LogP contribution in [0.5, 0.6) is 0 Å². The fourth-order valence-electron chi connectivity index (χ4n) is 2.41. The maximum absolute atomic E-state index is 12.6. The van der Waals surface area contributed by atoms with Crippen molar-refractivity contribution < 1.29 is 4.79 Å². The molecule has 1 fully saturated rings. The molecule has 0 radical (unpaired) electrons. The number of aryl methyl sites for hydroxylation is 1. The van der Waals surface area contributed by atoms with E-state index in [0.29, 0.717) is 16.7 Å². The molecule has 1 N–H and O–H groups in total. The predicted molar refractivity (Wildman–Crippen MR) is 88.1 cm³/mol. The molecular formula is C16H15N5OS. The van der Waals surface area contributed by atoms with Crippen molar-refractivity contribution in [2.75, 3.05) is 5.32 Å². The van der Waals surface area contributed by atoms with Gasteiger partial charge in [0, 0.05) is 5.92 Å². The number of para-hydroxylation sites is 1. The van der Waals surface area contributed by atoms with Crippen molar-refractivity contribution in [2.24, 2.45) is 0 Å². The number of carbonyl (C=O) groups is 1. The smallest absolute Gasteiger partial charge is 0.276 e. The molecule has 1 aliphatic carbocycles. The van der Waals surface area contributed by atoms with E-state index in [4.69, 9.17) is 0 Å². The lowest BCUT2D eigenvalue weighted by Crippen LogP contribution is -2.16. The zero-order chi connectivity index (χ0) is 15.8. The van der Waals surface area contributed by atoms with E-state index in [1.54, 1.807) is 4.68 Å². The molecule has 1 aliphatic rings. The van der Waals surface area contributed by atoms with Crippen LogP contribution in [0, 0.1) is 6.92 Å². The number of aromatic nitrogens is 4. The monoisotopic (exact) mass is 325 g/mol. The summed E-state index contributed by atoms with van der Waals surface area (Å²) in [6.07, 6.45) is 2.28. The molecule has 116 valence electrons. The minimum atomic E-state index is -0.218. The number of carbonyl (C=O) groups excluding carboxylic acids is 1. The first-order valence-electron chi connectivity index (χ1n) is 7.47. The maximum atomic E-state index is 12.6. The Balaban J connectivity index is 1.70. The molecule has 1 amide bonds. The van der Waals surface area contributed by atoms with Crippen molar-refractivity contribution >= 4 is 22.4 Å². The summed E-state index contributed by atoms with van der Waals surface area (Å²) in [6, 6.07) is 11.6. The van der Waals surface area contributed by atoms with Gasteiger partial charge in [0.2, 0.25) is 5.13 Å².